The van der Waals surface area contributed by atoms with Crippen molar-refractivity contribution in [3.05, 3.63) is 42.7 Å². The summed E-state index contributed by atoms with van der Waals surface area (Å²) < 4.78 is 37.3. The first kappa shape index (κ1) is 22.8. The van der Waals surface area contributed by atoms with Crippen LogP contribution in [-0.2, 0) is 14.8 Å². The molecule has 10 nitrogen and oxygen atoms in total. The van der Waals surface area contributed by atoms with E-state index in [0.717, 1.165) is 5.75 Å². The number of nitrogens with zero attached hydrogens (tertiary/aromatic N) is 4. The summed E-state index contributed by atoms with van der Waals surface area (Å²) in [5, 5.41) is 2.59. The number of anilines is 1. The summed E-state index contributed by atoms with van der Waals surface area (Å²) in [4.78, 5) is 22.3. The molecule has 0 bridgehead atoms. The second-order valence-corrected chi connectivity index (χ2v) is 8.88. The van der Waals surface area contributed by atoms with E-state index in [-0.39, 0.29) is 24.8 Å². The Morgan fingerprint density at radius 2 is 1.65 bits per heavy atom. The van der Waals surface area contributed by atoms with Gasteiger partial charge < -0.3 is 19.7 Å². The molecule has 168 valence electrons. The highest BCUT2D eigenvalue weighted by atomic mass is 32.2. The number of aromatic nitrogens is 2. The summed E-state index contributed by atoms with van der Waals surface area (Å²) in [5.74, 6) is 1.31. The van der Waals surface area contributed by atoms with E-state index in [2.05, 4.69) is 15.3 Å². The molecular weight excluding hydrogens is 422 g/mol. The van der Waals surface area contributed by atoms with Crippen molar-refractivity contribution in [2.75, 3.05) is 56.6 Å². The maximum atomic E-state index is 12.6. The maximum absolute atomic E-state index is 12.6. The van der Waals surface area contributed by atoms with E-state index in [1.165, 1.54) is 4.31 Å². The van der Waals surface area contributed by atoms with E-state index < -0.39 is 10.0 Å². The summed E-state index contributed by atoms with van der Waals surface area (Å²) in [6.07, 6.45) is 3.32. The van der Waals surface area contributed by atoms with Gasteiger partial charge in [-0.1, -0.05) is 0 Å². The number of piperazine rings is 1. The van der Waals surface area contributed by atoms with Crippen LogP contribution in [0, 0.1) is 0 Å². The number of nitrogens with one attached hydrogen (secondary N) is 1. The van der Waals surface area contributed by atoms with Gasteiger partial charge in [0.1, 0.15) is 11.5 Å². The van der Waals surface area contributed by atoms with Gasteiger partial charge in [-0.25, -0.2) is 18.4 Å². The van der Waals surface area contributed by atoms with Crippen LogP contribution in [0.1, 0.15) is 6.92 Å². The molecular formula is C20H27N5O5S. The molecule has 31 heavy (non-hydrogen) atoms. The normalized spacial score (nSPS) is 14.8. The third-order valence-corrected chi connectivity index (χ3v) is 6.53. The quantitative estimate of drug-likeness (QED) is 0.559. The first-order valence-corrected chi connectivity index (χ1v) is 11.7. The van der Waals surface area contributed by atoms with E-state index in [0.29, 0.717) is 44.5 Å². The van der Waals surface area contributed by atoms with Gasteiger partial charge in [0.15, 0.2) is 6.61 Å². The fraction of sp³-hybridized carbons (Fsp3) is 0.450. The van der Waals surface area contributed by atoms with Gasteiger partial charge in [0.25, 0.3) is 5.91 Å². The van der Waals surface area contributed by atoms with Gasteiger partial charge in [0.2, 0.25) is 16.0 Å². The van der Waals surface area contributed by atoms with E-state index in [4.69, 9.17) is 9.47 Å². The number of carbonyl (C=O) groups excluding carboxylic acids is 1. The molecule has 1 fully saturated rings. The Bertz CT molecular complexity index is 932. The predicted molar refractivity (Wildman–Crippen MR) is 116 cm³/mol. The Kier molecular flexibility index (Phi) is 8.01. The second kappa shape index (κ2) is 10.9. The van der Waals surface area contributed by atoms with E-state index in [1.54, 1.807) is 42.7 Å². The molecule has 2 heterocycles. The fourth-order valence-electron chi connectivity index (χ4n) is 3.07. The molecule has 0 radical (unpaired) electrons. The van der Waals surface area contributed by atoms with Gasteiger partial charge in [-0.05, 0) is 37.3 Å². The molecule has 1 aromatic heterocycles. The first-order chi connectivity index (χ1) is 15.0. The number of hydrogen-bond acceptors (Lipinski definition) is 8. The number of sulfonamides is 1. The summed E-state index contributed by atoms with van der Waals surface area (Å²) in [6.45, 7) is 4.05. The average Bonchev–Trinajstić information content (AvgIpc) is 2.79. The van der Waals surface area contributed by atoms with Gasteiger partial charge in [-0.15, -0.1) is 0 Å². The zero-order chi connectivity index (χ0) is 22.1. The van der Waals surface area contributed by atoms with Crippen LogP contribution in [0.2, 0.25) is 0 Å². The van der Waals surface area contributed by atoms with Crippen LogP contribution in [0.25, 0.3) is 0 Å². The molecule has 1 aromatic carbocycles. The van der Waals surface area contributed by atoms with Crippen molar-refractivity contribution in [3.63, 3.8) is 0 Å². The number of benzene rings is 1. The number of hydrogen-bond donors (Lipinski definition) is 1. The van der Waals surface area contributed by atoms with Gasteiger partial charge >= 0.3 is 0 Å². The van der Waals surface area contributed by atoms with Crippen molar-refractivity contribution in [1.82, 2.24) is 19.6 Å². The number of amides is 1. The van der Waals surface area contributed by atoms with Gasteiger partial charge in [0.05, 0.1) is 12.4 Å². The minimum atomic E-state index is -3.47. The molecule has 0 saturated carbocycles. The molecule has 1 aliphatic rings. The number of rotatable bonds is 10. The largest absolute Gasteiger partial charge is 0.494 e. The second-order valence-electron chi connectivity index (χ2n) is 6.79. The van der Waals surface area contributed by atoms with E-state index in [9.17, 15) is 13.2 Å². The smallest absolute Gasteiger partial charge is 0.257 e. The molecule has 1 aliphatic heterocycles. The Morgan fingerprint density at radius 1 is 1.03 bits per heavy atom. The lowest BCUT2D eigenvalue weighted by Gasteiger charge is -2.33. The molecule has 1 amide bonds. The van der Waals surface area contributed by atoms with Crippen LogP contribution in [0.15, 0.2) is 42.7 Å². The Balaban J connectivity index is 1.37. The van der Waals surface area contributed by atoms with Crippen molar-refractivity contribution in [3.8, 4) is 11.5 Å². The van der Waals surface area contributed by atoms with Gasteiger partial charge in [0, 0.05) is 45.1 Å². The molecule has 0 spiro atoms. The summed E-state index contributed by atoms with van der Waals surface area (Å²) in [6, 6.07) is 8.67. The van der Waals surface area contributed by atoms with Crippen LogP contribution < -0.4 is 19.7 Å². The Labute approximate surface area is 182 Å². The van der Waals surface area contributed by atoms with Gasteiger partial charge in [-0.3, -0.25) is 4.79 Å². The molecule has 11 heteroatoms. The van der Waals surface area contributed by atoms with Crippen molar-refractivity contribution >= 4 is 21.9 Å². The highest BCUT2D eigenvalue weighted by Crippen LogP contribution is 2.17. The van der Waals surface area contributed by atoms with Crippen LogP contribution in [0.3, 0.4) is 0 Å². The zero-order valence-electron chi connectivity index (χ0n) is 17.4. The molecule has 1 saturated heterocycles. The SMILES string of the molecule is CCOc1ccc(OCC(=O)NCCS(=O)(=O)N2CCN(c3ncccn3)CC2)cc1. The summed E-state index contributed by atoms with van der Waals surface area (Å²) in [5.41, 5.74) is 0. The number of carbonyl (C=O) groups is 1. The lowest BCUT2D eigenvalue weighted by Crippen LogP contribution is -2.50. The minimum absolute atomic E-state index is 0.0236. The lowest BCUT2D eigenvalue weighted by molar-refractivity contribution is -0.122. The minimum Gasteiger partial charge on any atom is -0.494 e. The molecule has 0 aliphatic carbocycles. The molecule has 0 atom stereocenters. The Morgan fingerprint density at radius 3 is 2.26 bits per heavy atom. The van der Waals surface area contributed by atoms with Crippen LogP contribution >= 0.6 is 0 Å². The van der Waals surface area contributed by atoms with Crippen LogP contribution in [0.5, 0.6) is 11.5 Å². The standard InChI is InChI=1S/C20H27N5O5S/c1-2-29-17-4-6-18(7-5-17)30-16-19(26)21-10-15-31(27,28)25-13-11-24(12-14-25)20-22-8-3-9-23-20/h3-9H,2,10-16H2,1H3,(H,21,26). The van der Waals surface area contributed by atoms with Crippen LogP contribution in [0.4, 0.5) is 5.95 Å². The molecule has 3 rings (SSSR count). The molecule has 0 unspecified atom stereocenters. The van der Waals surface area contributed by atoms with Gasteiger partial charge in [-0.2, -0.15) is 4.31 Å². The third kappa shape index (κ3) is 6.79. The topological polar surface area (TPSA) is 114 Å². The van der Waals surface area contributed by atoms with Crippen LogP contribution in [-0.4, -0.2) is 80.3 Å². The average molecular weight is 450 g/mol. The molecule has 2 aromatic rings. The van der Waals surface area contributed by atoms with Crippen molar-refractivity contribution in [2.45, 2.75) is 6.92 Å². The maximum Gasteiger partial charge on any atom is 0.257 e. The molecule has 1 N–H and O–H groups in total. The van der Waals surface area contributed by atoms with E-state index in [1.807, 2.05) is 11.8 Å². The van der Waals surface area contributed by atoms with E-state index >= 15 is 0 Å². The Hall–Kier alpha value is -2.92. The highest BCUT2D eigenvalue weighted by molar-refractivity contribution is 7.89. The third-order valence-electron chi connectivity index (χ3n) is 4.65. The highest BCUT2D eigenvalue weighted by Gasteiger charge is 2.27. The summed E-state index contributed by atoms with van der Waals surface area (Å²) >= 11 is 0. The monoisotopic (exact) mass is 449 g/mol. The fourth-order valence-corrected chi connectivity index (χ4v) is 4.41. The lowest BCUT2D eigenvalue weighted by atomic mass is 10.3. The van der Waals surface area contributed by atoms with Crippen molar-refractivity contribution in [1.29, 1.82) is 0 Å². The zero-order valence-corrected chi connectivity index (χ0v) is 18.3. The predicted octanol–water partition coefficient (Wildman–Crippen LogP) is 0.522. The summed E-state index contributed by atoms with van der Waals surface area (Å²) in [7, 11) is -3.47. The van der Waals surface area contributed by atoms with Crippen molar-refractivity contribution < 1.29 is 22.7 Å². The number of ether oxygens (including phenoxy) is 2. The first-order valence-electron chi connectivity index (χ1n) is 10.1. The van der Waals surface area contributed by atoms with Crippen molar-refractivity contribution in [2.24, 2.45) is 0 Å².